The van der Waals surface area contributed by atoms with E-state index in [2.05, 4.69) is 9.72 Å². The minimum Gasteiger partial charge on any atom is -0.465 e. The summed E-state index contributed by atoms with van der Waals surface area (Å²) >= 11 is 1.57. The van der Waals surface area contributed by atoms with Gasteiger partial charge in [0.25, 0.3) is 0 Å². The number of nitrogens with two attached hydrogens (primary N) is 1. The predicted molar refractivity (Wildman–Crippen MR) is 76.0 cm³/mol. The number of rotatable bonds is 4. The molecule has 0 bridgehead atoms. The van der Waals surface area contributed by atoms with Crippen molar-refractivity contribution in [2.45, 2.75) is 10.8 Å². The highest BCUT2D eigenvalue weighted by Crippen LogP contribution is 2.25. The Kier molecular flexibility index (Phi) is 4.41. The largest absolute Gasteiger partial charge is 0.465 e. The number of ether oxygens (including phenoxy) is 1. The van der Waals surface area contributed by atoms with Crippen molar-refractivity contribution in [1.29, 1.82) is 0 Å². The quantitative estimate of drug-likeness (QED) is 0.686. The molecule has 0 fully saturated rings. The fourth-order valence-electron chi connectivity index (χ4n) is 1.53. The van der Waals surface area contributed by atoms with Crippen LogP contribution < -0.4 is 5.73 Å². The Morgan fingerprint density at radius 1 is 1.32 bits per heavy atom. The van der Waals surface area contributed by atoms with Crippen molar-refractivity contribution in [3.05, 3.63) is 53.7 Å². The Hall–Kier alpha value is -2.01. The van der Waals surface area contributed by atoms with Crippen LogP contribution in [0.5, 0.6) is 0 Å². The van der Waals surface area contributed by atoms with Gasteiger partial charge in [0.2, 0.25) is 0 Å². The normalized spacial score (nSPS) is 10.2. The number of thioether (sulfide) groups is 1. The lowest BCUT2D eigenvalue weighted by Crippen LogP contribution is -2.00. The standard InChI is InChI=1S/C14H14N2O2S/c1-18-14(17)11-6-4-10(5-7-11)9-19-13-12(15)3-2-8-16-13/h2-8H,9,15H2,1H3. The average Bonchev–Trinajstić information content (AvgIpc) is 2.46. The molecule has 0 radical (unpaired) electrons. The number of nitrogen functional groups attached to an aromatic ring is 1. The van der Waals surface area contributed by atoms with E-state index in [1.54, 1.807) is 30.1 Å². The second kappa shape index (κ2) is 6.24. The predicted octanol–water partition coefficient (Wildman–Crippen LogP) is 2.74. The molecule has 0 saturated heterocycles. The van der Waals surface area contributed by atoms with Gasteiger partial charge in [-0.2, -0.15) is 0 Å². The molecule has 0 spiro atoms. The van der Waals surface area contributed by atoms with Crippen LogP contribution in [0.4, 0.5) is 5.69 Å². The Bertz CT molecular complexity index is 570. The van der Waals surface area contributed by atoms with Crippen LogP contribution in [0.2, 0.25) is 0 Å². The molecule has 0 aliphatic heterocycles. The minimum atomic E-state index is -0.326. The van der Waals surface area contributed by atoms with E-state index in [1.165, 1.54) is 7.11 Å². The molecule has 19 heavy (non-hydrogen) atoms. The number of benzene rings is 1. The van der Waals surface area contributed by atoms with E-state index < -0.39 is 0 Å². The van der Waals surface area contributed by atoms with Crippen molar-refractivity contribution in [2.75, 3.05) is 12.8 Å². The fourth-order valence-corrected chi connectivity index (χ4v) is 2.40. The second-order valence-corrected chi connectivity index (χ2v) is 4.84. The summed E-state index contributed by atoms with van der Waals surface area (Å²) in [6.45, 7) is 0. The van der Waals surface area contributed by atoms with Gasteiger partial charge in [0.15, 0.2) is 0 Å². The monoisotopic (exact) mass is 274 g/mol. The summed E-state index contributed by atoms with van der Waals surface area (Å²) in [5, 5.41) is 0.819. The molecule has 0 atom stereocenters. The molecule has 1 aromatic heterocycles. The molecular weight excluding hydrogens is 260 g/mol. The highest BCUT2D eigenvalue weighted by molar-refractivity contribution is 7.98. The van der Waals surface area contributed by atoms with Crippen molar-refractivity contribution in [1.82, 2.24) is 4.98 Å². The zero-order chi connectivity index (χ0) is 13.7. The van der Waals surface area contributed by atoms with Gasteiger partial charge in [0, 0.05) is 11.9 Å². The lowest BCUT2D eigenvalue weighted by molar-refractivity contribution is 0.0600. The molecule has 1 heterocycles. The maximum Gasteiger partial charge on any atom is 0.337 e. The lowest BCUT2D eigenvalue weighted by atomic mass is 10.1. The van der Waals surface area contributed by atoms with Crippen molar-refractivity contribution >= 4 is 23.4 Å². The van der Waals surface area contributed by atoms with E-state index in [4.69, 9.17) is 5.73 Å². The molecule has 0 aliphatic carbocycles. The van der Waals surface area contributed by atoms with Crippen molar-refractivity contribution in [2.24, 2.45) is 0 Å². The first-order chi connectivity index (χ1) is 9.20. The maximum atomic E-state index is 11.3. The summed E-state index contributed by atoms with van der Waals surface area (Å²) in [4.78, 5) is 15.5. The van der Waals surface area contributed by atoms with Crippen LogP contribution in [0.3, 0.4) is 0 Å². The number of aromatic nitrogens is 1. The molecule has 2 N–H and O–H groups in total. The summed E-state index contributed by atoms with van der Waals surface area (Å²) in [5.74, 6) is 0.427. The van der Waals surface area contributed by atoms with Gasteiger partial charge in [-0.25, -0.2) is 9.78 Å². The van der Waals surface area contributed by atoms with Gasteiger partial charge in [0.1, 0.15) is 5.03 Å². The van der Waals surface area contributed by atoms with Crippen molar-refractivity contribution in [3.63, 3.8) is 0 Å². The average molecular weight is 274 g/mol. The van der Waals surface area contributed by atoms with Gasteiger partial charge in [-0.1, -0.05) is 23.9 Å². The van der Waals surface area contributed by atoms with Crippen LogP contribution in [0.25, 0.3) is 0 Å². The van der Waals surface area contributed by atoms with Crippen LogP contribution in [0, 0.1) is 0 Å². The van der Waals surface area contributed by atoms with Gasteiger partial charge in [-0.15, -0.1) is 0 Å². The van der Waals surface area contributed by atoms with Gasteiger partial charge < -0.3 is 10.5 Å². The van der Waals surface area contributed by atoms with Crippen LogP contribution in [-0.2, 0) is 10.5 Å². The number of anilines is 1. The van der Waals surface area contributed by atoms with Gasteiger partial charge in [-0.3, -0.25) is 0 Å². The fraction of sp³-hybridized carbons (Fsp3) is 0.143. The first-order valence-electron chi connectivity index (χ1n) is 5.71. The number of carbonyl (C=O) groups excluding carboxylic acids is 1. The molecule has 5 heteroatoms. The number of nitrogens with zero attached hydrogens (tertiary/aromatic N) is 1. The molecule has 0 aliphatic rings. The third kappa shape index (κ3) is 3.48. The van der Waals surface area contributed by atoms with Crippen LogP contribution in [0.1, 0.15) is 15.9 Å². The molecular formula is C14H14N2O2S. The molecule has 0 amide bonds. The first-order valence-corrected chi connectivity index (χ1v) is 6.70. The molecule has 98 valence electrons. The lowest BCUT2D eigenvalue weighted by Gasteiger charge is -2.05. The number of pyridine rings is 1. The van der Waals surface area contributed by atoms with E-state index in [9.17, 15) is 4.79 Å². The smallest absolute Gasteiger partial charge is 0.337 e. The SMILES string of the molecule is COC(=O)c1ccc(CSc2ncccc2N)cc1. The van der Waals surface area contributed by atoms with E-state index in [0.29, 0.717) is 11.3 Å². The number of esters is 1. The van der Waals surface area contributed by atoms with Gasteiger partial charge >= 0.3 is 5.97 Å². The summed E-state index contributed by atoms with van der Waals surface area (Å²) in [5.41, 5.74) is 8.15. The molecule has 0 saturated carbocycles. The molecule has 1 aromatic carbocycles. The highest BCUT2D eigenvalue weighted by Gasteiger charge is 2.05. The Morgan fingerprint density at radius 2 is 2.05 bits per heavy atom. The number of hydrogen-bond donors (Lipinski definition) is 1. The van der Waals surface area contributed by atoms with E-state index in [0.717, 1.165) is 16.3 Å². The van der Waals surface area contributed by atoms with Gasteiger partial charge in [0.05, 0.1) is 18.4 Å². The number of hydrogen-bond acceptors (Lipinski definition) is 5. The third-order valence-corrected chi connectivity index (χ3v) is 3.64. The molecule has 2 aromatic rings. The van der Waals surface area contributed by atoms with Crippen LogP contribution >= 0.6 is 11.8 Å². The summed E-state index contributed by atoms with van der Waals surface area (Å²) in [6, 6.07) is 10.9. The third-order valence-electron chi connectivity index (χ3n) is 2.55. The molecule has 0 unspecified atom stereocenters. The topological polar surface area (TPSA) is 65.2 Å². The van der Waals surface area contributed by atoms with Crippen LogP contribution in [-0.4, -0.2) is 18.1 Å². The zero-order valence-electron chi connectivity index (χ0n) is 10.5. The maximum absolute atomic E-state index is 11.3. The van der Waals surface area contributed by atoms with E-state index in [-0.39, 0.29) is 5.97 Å². The van der Waals surface area contributed by atoms with Crippen LogP contribution in [0.15, 0.2) is 47.6 Å². The Balaban J connectivity index is 2.01. The summed E-state index contributed by atoms with van der Waals surface area (Å²) in [7, 11) is 1.37. The molecule has 4 nitrogen and oxygen atoms in total. The summed E-state index contributed by atoms with van der Waals surface area (Å²) < 4.78 is 4.65. The highest BCUT2D eigenvalue weighted by atomic mass is 32.2. The first kappa shape index (κ1) is 13.4. The van der Waals surface area contributed by atoms with E-state index >= 15 is 0 Å². The second-order valence-electron chi connectivity index (χ2n) is 3.87. The minimum absolute atomic E-state index is 0.326. The van der Waals surface area contributed by atoms with Crippen molar-refractivity contribution < 1.29 is 9.53 Å². The van der Waals surface area contributed by atoms with Crippen molar-refractivity contribution in [3.8, 4) is 0 Å². The number of methoxy groups -OCH3 is 1. The van der Waals surface area contributed by atoms with Gasteiger partial charge in [-0.05, 0) is 29.8 Å². The zero-order valence-corrected chi connectivity index (χ0v) is 11.3. The molecule has 2 rings (SSSR count). The number of carbonyl (C=O) groups is 1. The summed E-state index contributed by atoms with van der Waals surface area (Å²) in [6.07, 6.45) is 1.72. The Morgan fingerprint density at radius 3 is 2.68 bits per heavy atom. The van der Waals surface area contributed by atoms with E-state index in [1.807, 2.05) is 24.3 Å². The Labute approximate surface area is 116 Å².